The number of furan rings is 1. The van der Waals surface area contributed by atoms with Gasteiger partial charge in [-0.25, -0.2) is 0 Å². The van der Waals surface area contributed by atoms with Crippen LogP contribution in [0.5, 0.6) is 0 Å². The third kappa shape index (κ3) is 2.04. The first-order valence-electron chi connectivity index (χ1n) is 5.22. The van der Waals surface area contributed by atoms with E-state index in [2.05, 4.69) is 5.32 Å². The van der Waals surface area contributed by atoms with Crippen molar-refractivity contribution in [3.05, 3.63) is 23.7 Å². The lowest BCUT2D eigenvalue weighted by Gasteiger charge is -2.14. The molecule has 2 heterocycles. The second-order valence-electron chi connectivity index (χ2n) is 3.97. The average Bonchev–Trinajstić information content (AvgIpc) is 2.84. The molecule has 1 aromatic rings. The molecule has 1 aliphatic heterocycles. The summed E-state index contributed by atoms with van der Waals surface area (Å²) in [4.78, 5) is 13.8. The quantitative estimate of drug-likeness (QED) is 0.789. The normalized spacial score (nSPS) is 20.9. The Labute approximate surface area is 89.2 Å². The minimum absolute atomic E-state index is 0.0737. The molecule has 1 unspecified atom stereocenters. The number of nitrogens with zero attached hydrogens (tertiary/aromatic N) is 1. The molecular formula is C11H16N2O2. The lowest BCUT2D eigenvalue weighted by molar-refractivity contribution is 0.0789. The summed E-state index contributed by atoms with van der Waals surface area (Å²) in [6, 6.07) is 2.22. The molecule has 0 saturated carbocycles. The molecule has 0 spiro atoms. The van der Waals surface area contributed by atoms with Gasteiger partial charge in [0.2, 0.25) is 0 Å². The number of hydrogen-bond donors (Lipinski definition) is 1. The van der Waals surface area contributed by atoms with Crippen molar-refractivity contribution in [1.29, 1.82) is 0 Å². The molecule has 82 valence electrons. The van der Waals surface area contributed by atoms with Gasteiger partial charge >= 0.3 is 0 Å². The number of carbonyl (C=O) groups is 1. The van der Waals surface area contributed by atoms with Gasteiger partial charge in [-0.15, -0.1) is 0 Å². The van der Waals surface area contributed by atoms with Gasteiger partial charge in [0.05, 0.1) is 5.56 Å². The largest absolute Gasteiger partial charge is 0.469 e. The average molecular weight is 208 g/mol. The molecule has 1 atom stereocenters. The maximum Gasteiger partial charge on any atom is 0.257 e. The molecule has 0 aliphatic carbocycles. The van der Waals surface area contributed by atoms with Gasteiger partial charge in [-0.05, 0) is 26.5 Å². The minimum Gasteiger partial charge on any atom is -0.469 e. The van der Waals surface area contributed by atoms with Crippen LogP contribution in [0.4, 0.5) is 0 Å². The predicted octanol–water partition coefficient (Wildman–Crippen LogP) is 1.02. The first-order valence-corrected chi connectivity index (χ1v) is 5.22. The summed E-state index contributed by atoms with van der Waals surface area (Å²) in [5, 5.41) is 3.19. The minimum atomic E-state index is 0.0737. The van der Waals surface area contributed by atoms with Gasteiger partial charge < -0.3 is 14.6 Å². The fraction of sp³-hybridized carbons (Fsp3) is 0.545. The highest BCUT2D eigenvalue weighted by molar-refractivity contribution is 5.94. The van der Waals surface area contributed by atoms with E-state index in [9.17, 15) is 4.79 Å². The van der Waals surface area contributed by atoms with Crippen LogP contribution in [0.25, 0.3) is 0 Å². The van der Waals surface area contributed by atoms with E-state index < -0.39 is 0 Å². The summed E-state index contributed by atoms with van der Waals surface area (Å²) in [5.74, 6) is 0.854. The van der Waals surface area contributed by atoms with Crippen LogP contribution >= 0.6 is 0 Å². The van der Waals surface area contributed by atoms with Crippen molar-refractivity contribution in [3.63, 3.8) is 0 Å². The number of amides is 1. The van der Waals surface area contributed by atoms with Crippen molar-refractivity contribution in [1.82, 2.24) is 10.2 Å². The summed E-state index contributed by atoms with van der Waals surface area (Å²) in [6.45, 7) is 3.46. The second kappa shape index (κ2) is 4.06. The Hall–Kier alpha value is -1.29. The van der Waals surface area contributed by atoms with E-state index in [0.717, 1.165) is 25.3 Å². The third-order valence-corrected chi connectivity index (χ3v) is 2.86. The highest BCUT2D eigenvalue weighted by Gasteiger charge is 2.26. The zero-order valence-corrected chi connectivity index (χ0v) is 9.12. The first-order chi connectivity index (χ1) is 7.20. The van der Waals surface area contributed by atoms with Crippen molar-refractivity contribution in [2.24, 2.45) is 0 Å². The van der Waals surface area contributed by atoms with Gasteiger partial charge in [-0.3, -0.25) is 4.79 Å². The van der Waals surface area contributed by atoms with Crippen LogP contribution in [0.1, 0.15) is 22.5 Å². The zero-order chi connectivity index (χ0) is 10.8. The monoisotopic (exact) mass is 208 g/mol. The van der Waals surface area contributed by atoms with E-state index in [0.29, 0.717) is 11.6 Å². The highest BCUT2D eigenvalue weighted by atomic mass is 16.3. The standard InChI is InChI=1S/C11H16N2O2/c1-8-5-9(7-15-8)11(14)13-4-3-10(6-13)12-2/h5,7,10,12H,3-4,6H2,1-2H3. The van der Waals surface area contributed by atoms with Crippen molar-refractivity contribution in [2.45, 2.75) is 19.4 Å². The maximum absolute atomic E-state index is 12.0. The van der Waals surface area contributed by atoms with Gasteiger partial charge in [0.25, 0.3) is 5.91 Å². The molecule has 1 aromatic heterocycles. The molecule has 1 fully saturated rings. The van der Waals surface area contributed by atoms with E-state index >= 15 is 0 Å². The molecule has 2 rings (SSSR count). The first kappa shape index (κ1) is 10.2. The molecule has 1 N–H and O–H groups in total. The molecule has 4 nitrogen and oxygen atoms in total. The summed E-state index contributed by atoms with van der Waals surface area (Å²) < 4.78 is 5.14. The summed E-state index contributed by atoms with van der Waals surface area (Å²) >= 11 is 0. The fourth-order valence-corrected chi connectivity index (χ4v) is 1.92. The lowest BCUT2D eigenvalue weighted by Crippen LogP contribution is -2.33. The van der Waals surface area contributed by atoms with Crippen LogP contribution in [-0.2, 0) is 0 Å². The molecule has 1 aliphatic rings. The molecule has 4 heteroatoms. The molecule has 0 radical (unpaired) electrons. The van der Waals surface area contributed by atoms with E-state index in [1.807, 2.05) is 18.9 Å². The summed E-state index contributed by atoms with van der Waals surface area (Å²) in [7, 11) is 1.93. The third-order valence-electron chi connectivity index (χ3n) is 2.86. The predicted molar refractivity (Wildman–Crippen MR) is 56.8 cm³/mol. The highest BCUT2D eigenvalue weighted by Crippen LogP contribution is 2.15. The van der Waals surface area contributed by atoms with Crippen molar-refractivity contribution >= 4 is 5.91 Å². The van der Waals surface area contributed by atoms with E-state index in [1.165, 1.54) is 6.26 Å². The van der Waals surface area contributed by atoms with Crippen LogP contribution in [0.15, 0.2) is 16.7 Å². The van der Waals surface area contributed by atoms with Gasteiger partial charge in [-0.2, -0.15) is 0 Å². The van der Waals surface area contributed by atoms with Gasteiger partial charge in [0.15, 0.2) is 0 Å². The number of hydrogen-bond acceptors (Lipinski definition) is 3. The number of rotatable bonds is 2. The molecule has 0 bridgehead atoms. The number of carbonyl (C=O) groups excluding carboxylic acids is 1. The smallest absolute Gasteiger partial charge is 0.257 e. The number of nitrogens with one attached hydrogen (secondary N) is 1. The molecule has 15 heavy (non-hydrogen) atoms. The molecular weight excluding hydrogens is 192 g/mol. The Morgan fingerprint density at radius 3 is 3.00 bits per heavy atom. The Balaban J connectivity index is 2.03. The van der Waals surface area contributed by atoms with Crippen LogP contribution in [-0.4, -0.2) is 37.0 Å². The summed E-state index contributed by atoms with van der Waals surface area (Å²) in [5.41, 5.74) is 0.657. The van der Waals surface area contributed by atoms with Crippen LogP contribution in [0.2, 0.25) is 0 Å². The molecule has 1 saturated heterocycles. The van der Waals surface area contributed by atoms with E-state index in [4.69, 9.17) is 4.42 Å². The van der Waals surface area contributed by atoms with Gasteiger partial charge in [0, 0.05) is 19.1 Å². The number of likely N-dealkylation sites (tertiary alicyclic amines) is 1. The fourth-order valence-electron chi connectivity index (χ4n) is 1.92. The molecule has 0 aromatic carbocycles. The van der Waals surface area contributed by atoms with Crippen molar-refractivity contribution < 1.29 is 9.21 Å². The maximum atomic E-state index is 12.0. The SMILES string of the molecule is CNC1CCN(C(=O)c2coc(C)c2)C1. The Kier molecular flexibility index (Phi) is 2.77. The lowest BCUT2D eigenvalue weighted by atomic mass is 10.3. The Morgan fingerprint density at radius 1 is 1.67 bits per heavy atom. The molecule has 1 amide bonds. The van der Waals surface area contributed by atoms with Crippen molar-refractivity contribution in [2.75, 3.05) is 20.1 Å². The zero-order valence-electron chi connectivity index (χ0n) is 9.12. The number of aryl methyl sites for hydroxylation is 1. The Morgan fingerprint density at radius 2 is 2.47 bits per heavy atom. The summed E-state index contributed by atoms with van der Waals surface area (Å²) in [6.07, 6.45) is 2.56. The van der Waals surface area contributed by atoms with E-state index in [1.54, 1.807) is 6.07 Å². The second-order valence-corrected chi connectivity index (χ2v) is 3.97. The van der Waals surface area contributed by atoms with E-state index in [-0.39, 0.29) is 5.91 Å². The van der Waals surface area contributed by atoms with Gasteiger partial charge in [0.1, 0.15) is 12.0 Å². The number of likely N-dealkylation sites (N-methyl/N-ethyl adjacent to an activating group) is 1. The van der Waals surface area contributed by atoms with Crippen LogP contribution in [0.3, 0.4) is 0 Å². The topological polar surface area (TPSA) is 45.5 Å². The Bertz CT molecular complexity index is 359. The van der Waals surface area contributed by atoms with Crippen LogP contribution in [0, 0.1) is 6.92 Å². The van der Waals surface area contributed by atoms with Crippen molar-refractivity contribution in [3.8, 4) is 0 Å². The van der Waals surface area contributed by atoms with Crippen LogP contribution < -0.4 is 5.32 Å². The van der Waals surface area contributed by atoms with Gasteiger partial charge in [-0.1, -0.05) is 0 Å².